The zero-order chi connectivity index (χ0) is 8.10. The molecule has 0 saturated heterocycles. The van der Waals surface area contributed by atoms with Crippen LogP contribution in [0.4, 0.5) is 0 Å². The summed E-state index contributed by atoms with van der Waals surface area (Å²) in [6.45, 7) is 0.311. The summed E-state index contributed by atoms with van der Waals surface area (Å²) in [5, 5.41) is 0.362. The molecular weight excluding hydrogens is 162 g/mol. The molecular formula is C7H6ClN3. The monoisotopic (exact) mass is 167 g/mol. The molecule has 0 aromatic carbocycles. The fourth-order valence-corrected chi connectivity index (χ4v) is 0.684. The molecule has 56 valence electrons. The largest absolute Gasteiger partial charge is 0.320 e. The predicted molar refractivity (Wildman–Crippen MR) is 43.0 cm³/mol. The second-order valence-corrected chi connectivity index (χ2v) is 2.09. The lowest BCUT2D eigenvalue weighted by Crippen LogP contribution is -1.93. The molecule has 0 radical (unpaired) electrons. The topological polar surface area (TPSA) is 51.8 Å². The Morgan fingerprint density at radius 1 is 1.64 bits per heavy atom. The zero-order valence-electron chi connectivity index (χ0n) is 5.71. The number of hydrogen-bond donors (Lipinski definition) is 1. The van der Waals surface area contributed by atoms with Gasteiger partial charge in [-0.25, -0.2) is 9.97 Å². The number of hydrogen-bond acceptors (Lipinski definition) is 3. The third kappa shape index (κ3) is 2.19. The third-order valence-corrected chi connectivity index (χ3v) is 1.29. The molecule has 0 fully saturated rings. The van der Waals surface area contributed by atoms with Gasteiger partial charge in [0.1, 0.15) is 11.5 Å². The minimum absolute atomic E-state index is 0.311. The zero-order valence-corrected chi connectivity index (χ0v) is 6.47. The Morgan fingerprint density at radius 3 is 3.09 bits per heavy atom. The maximum absolute atomic E-state index is 5.67. The minimum atomic E-state index is 0.311. The van der Waals surface area contributed by atoms with Crippen LogP contribution in [0.25, 0.3) is 0 Å². The quantitative estimate of drug-likeness (QED) is 0.451. The summed E-state index contributed by atoms with van der Waals surface area (Å²) in [6.07, 6.45) is 2.92. The molecule has 0 aliphatic carbocycles. The number of nitrogens with two attached hydrogens (primary N) is 1. The minimum Gasteiger partial charge on any atom is -0.320 e. The van der Waals surface area contributed by atoms with Gasteiger partial charge in [0, 0.05) is 6.20 Å². The average molecular weight is 168 g/mol. The first kappa shape index (κ1) is 7.99. The highest BCUT2D eigenvalue weighted by atomic mass is 35.5. The van der Waals surface area contributed by atoms with Crippen molar-refractivity contribution < 1.29 is 0 Å². The van der Waals surface area contributed by atoms with Gasteiger partial charge >= 0.3 is 0 Å². The van der Waals surface area contributed by atoms with Crippen LogP contribution in [0.15, 0.2) is 12.5 Å². The molecule has 11 heavy (non-hydrogen) atoms. The Morgan fingerprint density at radius 2 is 2.45 bits per heavy atom. The molecule has 1 aromatic rings. The van der Waals surface area contributed by atoms with Crippen molar-refractivity contribution in [1.29, 1.82) is 0 Å². The van der Waals surface area contributed by atoms with Crippen molar-refractivity contribution in [2.45, 2.75) is 0 Å². The summed E-state index contributed by atoms with van der Waals surface area (Å²) in [4.78, 5) is 7.50. The number of aromatic nitrogens is 2. The Labute approximate surface area is 69.6 Å². The highest BCUT2D eigenvalue weighted by Gasteiger charge is 1.94. The van der Waals surface area contributed by atoms with E-state index in [1.165, 1.54) is 6.33 Å². The van der Waals surface area contributed by atoms with Crippen LogP contribution in [0, 0.1) is 11.8 Å². The van der Waals surface area contributed by atoms with Crippen LogP contribution in [0.1, 0.15) is 5.56 Å². The summed E-state index contributed by atoms with van der Waals surface area (Å²) in [5.74, 6) is 5.40. The van der Waals surface area contributed by atoms with Gasteiger partial charge in [0.05, 0.1) is 12.1 Å². The fourth-order valence-electron chi connectivity index (χ4n) is 0.545. The van der Waals surface area contributed by atoms with E-state index in [1.54, 1.807) is 6.20 Å². The smallest absolute Gasteiger partial charge is 0.148 e. The lowest BCUT2D eigenvalue weighted by atomic mass is 10.3. The van der Waals surface area contributed by atoms with Crippen molar-refractivity contribution >= 4 is 11.6 Å². The van der Waals surface area contributed by atoms with Gasteiger partial charge in [-0.15, -0.1) is 0 Å². The Balaban J connectivity index is 2.95. The van der Waals surface area contributed by atoms with Gasteiger partial charge in [-0.2, -0.15) is 0 Å². The van der Waals surface area contributed by atoms with E-state index in [4.69, 9.17) is 17.3 Å². The van der Waals surface area contributed by atoms with Gasteiger partial charge in [0.2, 0.25) is 0 Å². The van der Waals surface area contributed by atoms with E-state index in [2.05, 4.69) is 21.8 Å². The first-order chi connectivity index (χ1) is 5.34. The Hall–Kier alpha value is -1.11. The summed E-state index contributed by atoms with van der Waals surface area (Å²) < 4.78 is 0. The van der Waals surface area contributed by atoms with Crippen LogP contribution in [0.3, 0.4) is 0 Å². The first-order valence-electron chi connectivity index (χ1n) is 2.99. The van der Waals surface area contributed by atoms with E-state index in [9.17, 15) is 0 Å². The van der Waals surface area contributed by atoms with Gasteiger partial charge < -0.3 is 5.73 Å². The molecule has 0 unspecified atom stereocenters. The van der Waals surface area contributed by atoms with E-state index in [0.717, 1.165) is 0 Å². The summed E-state index contributed by atoms with van der Waals surface area (Å²) >= 11 is 5.67. The van der Waals surface area contributed by atoms with Crippen LogP contribution in [-0.2, 0) is 0 Å². The number of halogens is 1. The van der Waals surface area contributed by atoms with Gasteiger partial charge in [-0.1, -0.05) is 23.4 Å². The SMILES string of the molecule is NCC#Cc1cncnc1Cl. The Kier molecular flexibility index (Phi) is 2.84. The molecule has 3 nitrogen and oxygen atoms in total. The second kappa shape index (κ2) is 3.91. The van der Waals surface area contributed by atoms with Gasteiger partial charge in [0.15, 0.2) is 0 Å². The average Bonchev–Trinajstić information content (AvgIpc) is 2.03. The molecule has 0 atom stereocenters. The van der Waals surface area contributed by atoms with E-state index in [1.807, 2.05) is 0 Å². The van der Waals surface area contributed by atoms with E-state index in [-0.39, 0.29) is 0 Å². The molecule has 1 rings (SSSR count). The lowest BCUT2D eigenvalue weighted by molar-refractivity contribution is 1.16. The van der Waals surface area contributed by atoms with Crippen molar-refractivity contribution in [2.24, 2.45) is 5.73 Å². The lowest BCUT2D eigenvalue weighted by Gasteiger charge is -1.89. The fraction of sp³-hybridized carbons (Fsp3) is 0.143. The number of rotatable bonds is 0. The van der Waals surface area contributed by atoms with Crippen molar-refractivity contribution in [3.05, 3.63) is 23.2 Å². The van der Waals surface area contributed by atoms with Gasteiger partial charge in [-0.3, -0.25) is 0 Å². The molecule has 2 N–H and O–H groups in total. The van der Waals surface area contributed by atoms with Crippen LogP contribution in [0.2, 0.25) is 5.15 Å². The summed E-state index contributed by atoms with van der Waals surface area (Å²) in [5.41, 5.74) is 5.78. The van der Waals surface area contributed by atoms with E-state index < -0.39 is 0 Å². The van der Waals surface area contributed by atoms with E-state index >= 15 is 0 Å². The van der Waals surface area contributed by atoms with Gasteiger partial charge in [-0.05, 0) is 0 Å². The van der Waals surface area contributed by atoms with Crippen molar-refractivity contribution in [1.82, 2.24) is 9.97 Å². The number of nitrogens with zero attached hydrogens (tertiary/aromatic N) is 2. The molecule has 4 heteroatoms. The Bertz CT molecular complexity index is 300. The molecule has 0 spiro atoms. The summed E-state index contributed by atoms with van der Waals surface area (Å²) in [6, 6.07) is 0. The molecule has 0 bridgehead atoms. The highest BCUT2D eigenvalue weighted by molar-refractivity contribution is 6.30. The van der Waals surface area contributed by atoms with Crippen LogP contribution in [-0.4, -0.2) is 16.5 Å². The highest BCUT2D eigenvalue weighted by Crippen LogP contribution is 2.07. The molecule has 1 heterocycles. The molecule has 0 aliphatic rings. The molecule has 0 saturated carbocycles. The van der Waals surface area contributed by atoms with Crippen LogP contribution >= 0.6 is 11.6 Å². The van der Waals surface area contributed by atoms with Gasteiger partial charge in [0.25, 0.3) is 0 Å². The maximum atomic E-state index is 5.67. The standard InChI is InChI=1S/C7H6ClN3/c8-7-6(2-1-3-9)4-10-5-11-7/h4-5H,3,9H2. The predicted octanol–water partition coefficient (Wildman–Crippen LogP) is 0.440. The molecule has 1 aromatic heterocycles. The van der Waals surface area contributed by atoms with Crippen molar-refractivity contribution in [2.75, 3.05) is 6.54 Å². The first-order valence-corrected chi connectivity index (χ1v) is 3.37. The maximum Gasteiger partial charge on any atom is 0.148 e. The third-order valence-electron chi connectivity index (χ3n) is 0.989. The molecule has 0 amide bonds. The van der Waals surface area contributed by atoms with Crippen LogP contribution < -0.4 is 5.73 Å². The van der Waals surface area contributed by atoms with Crippen molar-refractivity contribution in [3.8, 4) is 11.8 Å². The van der Waals surface area contributed by atoms with E-state index in [0.29, 0.717) is 17.3 Å². The second-order valence-electron chi connectivity index (χ2n) is 1.73. The normalized spacial score (nSPS) is 8.55. The summed E-state index contributed by atoms with van der Waals surface area (Å²) in [7, 11) is 0. The van der Waals surface area contributed by atoms with Crippen molar-refractivity contribution in [3.63, 3.8) is 0 Å². The van der Waals surface area contributed by atoms with Crippen LogP contribution in [0.5, 0.6) is 0 Å². The molecule has 0 aliphatic heterocycles.